The zero-order valence-corrected chi connectivity index (χ0v) is 17.7. The van der Waals surface area contributed by atoms with Crippen LogP contribution in [0.3, 0.4) is 0 Å². The van der Waals surface area contributed by atoms with Crippen molar-refractivity contribution in [3.63, 3.8) is 0 Å². The number of carbonyl (C=O) groups excluding carboxylic acids is 3. The highest BCUT2D eigenvalue weighted by molar-refractivity contribution is 7.89. The summed E-state index contributed by atoms with van der Waals surface area (Å²) in [5.74, 6) is -2.04. The molecule has 1 N–H and O–H groups in total. The summed E-state index contributed by atoms with van der Waals surface area (Å²) in [6.45, 7) is -1.18. The van der Waals surface area contributed by atoms with Crippen LogP contribution in [-0.2, 0) is 29.1 Å². The fraction of sp³-hybridized carbons (Fsp3) is 0.211. The summed E-state index contributed by atoms with van der Waals surface area (Å²) >= 11 is 5.74. The predicted molar refractivity (Wildman–Crippen MR) is 109 cm³/mol. The summed E-state index contributed by atoms with van der Waals surface area (Å²) < 4.78 is 35.0. The molecular formula is C19H19ClN2O7S. The molecule has 0 unspecified atom stereocenters. The van der Waals surface area contributed by atoms with E-state index >= 15 is 0 Å². The zero-order valence-electron chi connectivity index (χ0n) is 16.1. The van der Waals surface area contributed by atoms with Gasteiger partial charge in [0.2, 0.25) is 10.0 Å². The van der Waals surface area contributed by atoms with Crippen molar-refractivity contribution in [3.05, 3.63) is 59.1 Å². The molecule has 0 atom stereocenters. The molecule has 0 aliphatic rings. The number of halogens is 1. The van der Waals surface area contributed by atoms with Crippen molar-refractivity contribution < 1.29 is 32.3 Å². The quantitative estimate of drug-likeness (QED) is 0.605. The number of hydrogen-bond acceptors (Lipinski definition) is 7. The Kier molecular flexibility index (Phi) is 7.93. The number of nitrogens with zero attached hydrogens (tertiary/aromatic N) is 1. The number of ether oxygens (including phenoxy) is 2. The predicted octanol–water partition coefficient (Wildman–Crippen LogP) is 1.93. The zero-order chi connectivity index (χ0) is 22.3. The van der Waals surface area contributed by atoms with E-state index in [4.69, 9.17) is 16.3 Å². The molecule has 9 nitrogen and oxygen atoms in total. The Balaban J connectivity index is 1.85. The van der Waals surface area contributed by atoms with Gasteiger partial charge in [0.1, 0.15) is 6.54 Å². The summed E-state index contributed by atoms with van der Waals surface area (Å²) in [7, 11) is -1.44. The van der Waals surface area contributed by atoms with Crippen LogP contribution in [0.1, 0.15) is 10.4 Å². The van der Waals surface area contributed by atoms with Crippen LogP contribution in [0.15, 0.2) is 53.4 Å². The van der Waals surface area contributed by atoms with Crippen molar-refractivity contribution in [1.29, 1.82) is 0 Å². The van der Waals surface area contributed by atoms with Crippen LogP contribution in [0.5, 0.6) is 0 Å². The fourth-order valence-corrected chi connectivity index (χ4v) is 3.49. The molecule has 2 rings (SSSR count). The molecule has 1 amide bonds. The summed E-state index contributed by atoms with van der Waals surface area (Å²) in [6.07, 6.45) is 0. The van der Waals surface area contributed by atoms with Crippen molar-refractivity contribution in [1.82, 2.24) is 4.31 Å². The summed E-state index contributed by atoms with van der Waals surface area (Å²) in [4.78, 5) is 35.2. The lowest BCUT2D eigenvalue weighted by Crippen LogP contribution is -2.34. The Morgan fingerprint density at radius 1 is 1.03 bits per heavy atom. The first-order valence-corrected chi connectivity index (χ1v) is 10.3. The van der Waals surface area contributed by atoms with Crippen LogP contribution in [0.4, 0.5) is 5.69 Å². The maximum Gasteiger partial charge on any atom is 0.337 e. The van der Waals surface area contributed by atoms with Crippen LogP contribution in [0, 0.1) is 0 Å². The van der Waals surface area contributed by atoms with E-state index in [0.29, 0.717) is 16.3 Å². The SMILES string of the molecule is COC(=O)c1ccc(NC(=O)COC(=O)CN(C)S(=O)(=O)c2ccc(Cl)cc2)cc1. The number of likely N-dealkylation sites (N-methyl/N-ethyl adjacent to an activating group) is 1. The third kappa shape index (κ3) is 6.28. The molecule has 0 heterocycles. The molecule has 30 heavy (non-hydrogen) atoms. The third-order valence-corrected chi connectivity index (χ3v) is 5.90. The van der Waals surface area contributed by atoms with Gasteiger partial charge in [-0.2, -0.15) is 4.31 Å². The van der Waals surface area contributed by atoms with Gasteiger partial charge in [-0.05, 0) is 48.5 Å². The van der Waals surface area contributed by atoms with Crippen molar-refractivity contribution in [2.24, 2.45) is 0 Å². The van der Waals surface area contributed by atoms with E-state index in [1.807, 2.05) is 0 Å². The van der Waals surface area contributed by atoms with Crippen LogP contribution in [0.25, 0.3) is 0 Å². The smallest absolute Gasteiger partial charge is 0.337 e. The number of hydrogen-bond donors (Lipinski definition) is 1. The first-order valence-electron chi connectivity index (χ1n) is 8.49. The summed E-state index contributed by atoms with van der Waals surface area (Å²) in [5, 5.41) is 2.86. The number of esters is 2. The number of anilines is 1. The molecule has 0 fully saturated rings. The van der Waals surface area contributed by atoms with E-state index in [9.17, 15) is 22.8 Å². The lowest BCUT2D eigenvalue weighted by molar-refractivity contribution is -0.147. The summed E-state index contributed by atoms with van der Waals surface area (Å²) in [6, 6.07) is 11.4. The number of carbonyl (C=O) groups is 3. The van der Waals surface area contributed by atoms with Crippen molar-refractivity contribution in [2.75, 3.05) is 32.6 Å². The van der Waals surface area contributed by atoms with Gasteiger partial charge in [-0.25, -0.2) is 13.2 Å². The molecule has 2 aromatic rings. The number of nitrogens with one attached hydrogen (secondary N) is 1. The van der Waals surface area contributed by atoms with Gasteiger partial charge < -0.3 is 14.8 Å². The van der Waals surface area contributed by atoms with Gasteiger partial charge >= 0.3 is 11.9 Å². The lowest BCUT2D eigenvalue weighted by Gasteiger charge is -2.16. The minimum Gasteiger partial charge on any atom is -0.465 e. The van der Waals surface area contributed by atoms with Gasteiger partial charge in [-0.1, -0.05) is 11.6 Å². The van der Waals surface area contributed by atoms with E-state index in [0.717, 1.165) is 4.31 Å². The Bertz CT molecular complexity index is 1020. The van der Waals surface area contributed by atoms with Gasteiger partial charge in [0.25, 0.3) is 5.91 Å². The van der Waals surface area contributed by atoms with Gasteiger partial charge in [0.15, 0.2) is 6.61 Å². The number of benzene rings is 2. The molecule has 0 aromatic heterocycles. The maximum absolute atomic E-state index is 12.4. The molecule has 11 heteroatoms. The molecular weight excluding hydrogens is 436 g/mol. The van der Waals surface area contributed by atoms with Crippen LogP contribution >= 0.6 is 11.6 Å². The monoisotopic (exact) mass is 454 g/mol. The maximum atomic E-state index is 12.4. The summed E-state index contributed by atoms with van der Waals surface area (Å²) in [5.41, 5.74) is 0.693. The van der Waals surface area contributed by atoms with Gasteiger partial charge in [0.05, 0.1) is 17.6 Å². The Morgan fingerprint density at radius 2 is 1.63 bits per heavy atom. The van der Waals surface area contributed by atoms with Crippen LogP contribution in [0.2, 0.25) is 5.02 Å². The average molecular weight is 455 g/mol. The Hall–Kier alpha value is -2.95. The highest BCUT2D eigenvalue weighted by Crippen LogP contribution is 2.17. The van der Waals surface area contributed by atoms with Crippen LogP contribution in [-0.4, -0.2) is 57.9 Å². The Morgan fingerprint density at radius 3 is 2.20 bits per heavy atom. The highest BCUT2D eigenvalue weighted by Gasteiger charge is 2.23. The van der Waals surface area contributed by atoms with Crippen LogP contribution < -0.4 is 5.32 Å². The lowest BCUT2D eigenvalue weighted by atomic mass is 10.2. The largest absolute Gasteiger partial charge is 0.465 e. The van der Waals surface area contributed by atoms with Gasteiger partial charge in [0, 0.05) is 17.8 Å². The number of methoxy groups -OCH3 is 1. The van der Waals surface area contributed by atoms with E-state index in [1.165, 1.54) is 62.7 Å². The van der Waals surface area contributed by atoms with E-state index in [-0.39, 0.29) is 4.90 Å². The van der Waals surface area contributed by atoms with E-state index in [2.05, 4.69) is 10.1 Å². The number of amides is 1. The molecule has 2 aromatic carbocycles. The van der Waals surface area contributed by atoms with Crippen molar-refractivity contribution in [3.8, 4) is 0 Å². The molecule has 0 saturated carbocycles. The molecule has 0 spiro atoms. The fourth-order valence-electron chi connectivity index (χ4n) is 2.25. The molecule has 0 radical (unpaired) electrons. The standard InChI is InChI=1S/C19H19ClN2O7S/c1-22(30(26,27)16-9-5-14(20)6-10-16)11-18(24)29-12-17(23)21-15-7-3-13(4-8-15)19(25)28-2/h3-10H,11-12H2,1-2H3,(H,21,23). The first-order chi connectivity index (χ1) is 14.1. The average Bonchev–Trinajstić information content (AvgIpc) is 2.72. The van der Waals surface area contributed by atoms with E-state index < -0.39 is 41.0 Å². The van der Waals surface area contributed by atoms with Crippen molar-refractivity contribution in [2.45, 2.75) is 4.90 Å². The van der Waals surface area contributed by atoms with Gasteiger partial charge in [-0.15, -0.1) is 0 Å². The topological polar surface area (TPSA) is 119 Å². The van der Waals surface area contributed by atoms with E-state index in [1.54, 1.807) is 0 Å². The second-order valence-electron chi connectivity index (χ2n) is 5.99. The highest BCUT2D eigenvalue weighted by atomic mass is 35.5. The third-order valence-electron chi connectivity index (χ3n) is 3.83. The molecule has 0 aliphatic heterocycles. The number of rotatable bonds is 8. The Labute approximate surface area is 178 Å². The van der Waals surface area contributed by atoms with Gasteiger partial charge in [-0.3, -0.25) is 9.59 Å². The normalized spacial score (nSPS) is 11.1. The second-order valence-corrected chi connectivity index (χ2v) is 8.47. The molecule has 0 bridgehead atoms. The molecule has 160 valence electrons. The van der Waals surface area contributed by atoms with Crippen molar-refractivity contribution >= 4 is 45.2 Å². The second kappa shape index (κ2) is 10.2. The molecule has 0 saturated heterocycles. The minimum atomic E-state index is -3.92. The molecule has 0 aliphatic carbocycles. The first kappa shape index (κ1) is 23.3. The minimum absolute atomic E-state index is 0.0321. The number of sulfonamides is 1.